The van der Waals surface area contributed by atoms with E-state index in [4.69, 9.17) is 23.2 Å². The van der Waals surface area contributed by atoms with Crippen LogP contribution in [0.4, 0.5) is 0 Å². The van der Waals surface area contributed by atoms with Crippen LogP contribution in [0.3, 0.4) is 0 Å². The minimum Gasteiger partial charge on any atom is -0.313 e. The zero-order valence-electron chi connectivity index (χ0n) is 11.1. The van der Waals surface area contributed by atoms with Gasteiger partial charge in [0.1, 0.15) is 0 Å². The first-order valence-corrected chi connectivity index (χ1v) is 7.03. The summed E-state index contributed by atoms with van der Waals surface area (Å²) in [5, 5.41) is 9.12. The van der Waals surface area contributed by atoms with Crippen molar-refractivity contribution < 1.29 is 0 Å². The first-order valence-electron chi connectivity index (χ1n) is 6.27. The monoisotopic (exact) mass is 297 g/mol. The van der Waals surface area contributed by atoms with Crippen LogP contribution < -0.4 is 5.32 Å². The zero-order valence-corrected chi connectivity index (χ0v) is 12.6. The van der Waals surface area contributed by atoms with Crippen LogP contribution in [0.1, 0.15) is 23.7 Å². The minimum absolute atomic E-state index is 0.636. The Morgan fingerprint density at radius 3 is 2.79 bits per heavy atom. The Morgan fingerprint density at radius 1 is 1.26 bits per heavy atom. The largest absolute Gasteiger partial charge is 0.313 e. The van der Waals surface area contributed by atoms with Crippen molar-refractivity contribution in [2.24, 2.45) is 0 Å². The molecule has 5 heteroatoms. The second kappa shape index (κ2) is 6.42. The summed E-state index contributed by atoms with van der Waals surface area (Å²) in [6, 6.07) is 5.49. The quantitative estimate of drug-likeness (QED) is 0.913. The van der Waals surface area contributed by atoms with Crippen molar-refractivity contribution in [3.63, 3.8) is 0 Å². The highest BCUT2D eigenvalue weighted by molar-refractivity contribution is 6.33. The molecule has 3 nitrogen and oxygen atoms in total. The molecule has 1 aromatic heterocycles. The molecule has 0 saturated heterocycles. The number of rotatable bonds is 5. The second-order valence-electron chi connectivity index (χ2n) is 4.43. The second-order valence-corrected chi connectivity index (χ2v) is 5.27. The molecule has 1 heterocycles. The van der Waals surface area contributed by atoms with Gasteiger partial charge in [-0.2, -0.15) is 5.10 Å². The molecule has 102 valence electrons. The van der Waals surface area contributed by atoms with Gasteiger partial charge in [-0.1, -0.05) is 30.1 Å². The Hall–Kier alpha value is -1.03. The lowest BCUT2D eigenvalue weighted by molar-refractivity contribution is 0.659. The van der Waals surface area contributed by atoms with Crippen LogP contribution in [0.2, 0.25) is 10.0 Å². The molecule has 0 aliphatic heterocycles. The number of aromatic nitrogens is 2. The van der Waals surface area contributed by atoms with E-state index in [0.717, 1.165) is 24.3 Å². The van der Waals surface area contributed by atoms with Crippen LogP contribution >= 0.6 is 23.2 Å². The molecule has 0 amide bonds. The molecule has 1 aromatic carbocycles. The van der Waals surface area contributed by atoms with Crippen LogP contribution in [-0.2, 0) is 13.1 Å². The molecule has 0 unspecified atom stereocenters. The van der Waals surface area contributed by atoms with Gasteiger partial charge in [-0.05, 0) is 37.2 Å². The van der Waals surface area contributed by atoms with Gasteiger partial charge in [-0.15, -0.1) is 0 Å². The molecule has 2 rings (SSSR count). The Morgan fingerprint density at radius 2 is 2.05 bits per heavy atom. The van der Waals surface area contributed by atoms with Crippen molar-refractivity contribution in [2.75, 3.05) is 6.54 Å². The summed E-state index contributed by atoms with van der Waals surface area (Å²) >= 11 is 12.2. The lowest BCUT2D eigenvalue weighted by Gasteiger charge is -2.08. The first kappa shape index (κ1) is 14.4. The van der Waals surface area contributed by atoms with E-state index in [1.54, 1.807) is 6.07 Å². The first-order chi connectivity index (χ1) is 9.11. The van der Waals surface area contributed by atoms with Crippen molar-refractivity contribution in [1.82, 2.24) is 15.1 Å². The maximum Gasteiger partial charge on any atom is 0.0677 e. The fourth-order valence-corrected chi connectivity index (χ4v) is 2.28. The lowest BCUT2D eigenvalue weighted by Crippen LogP contribution is -2.12. The Labute approximate surface area is 123 Å². The molecular formula is C14H17Cl2N3. The molecule has 0 bridgehead atoms. The summed E-state index contributed by atoms with van der Waals surface area (Å²) in [7, 11) is 0. The molecule has 0 saturated carbocycles. The van der Waals surface area contributed by atoms with E-state index < -0.39 is 0 Å². The van der Waals surface area contributed by atoms with Gasteiger partial charge >= 0.3 is 0 Å². The average molecular weight is 298 g/mol. The number of hydrogen-bond donors (Lipinski definition) is 1. The van der Waals surface area contributed by atoms with Crippen molar-refractivity contribution in [1.29, 1.82) is 0 Å². The molecule has 19 heavy (non-hydrogen) atoms. The Kier molecular flexibility index (Phi) is 4.86. The third kappa shape index (κ3) is 3.50. The van der Waals surface area contributed by atoms with E-state index in [0.29, 0.717) is 16.6 Å². The van der Waals surface area contributed by atoms with Crippen LogP contribution in [-0.4, -0.2) is 16.3 Å². The number of nitrogens with one attached hydrogen (secondary N) is 1. The van der Waals surface area contributed by atoms with Crippen molar-refractivity contribution in [3.05, 3.63) is 51.3 Å². The van der Waals surface area contributed by atoms with Gasteiger partial charge in [0.2, 0.25) is 0 Å². The predicted octanol–water partition coefficient (Wildman–Crippen LogP) is 3.66. The summed E-state index contributed by atoms with van der Waals surface area (Å²) in [4.78, 5) is 0. The number of benzene rings is 1. The van der Waals surface area contributed by atoms with Crippen molar-refractivity contribution in [2.45, 2.75) is 26.9 Å². The molecule has 0 spiro atoms. The normalized spacial score (nSPS) is 10.9. The summed E-state index contributed by atoms with van der Waals surface area (Å²) in [5.74, 6) is 0. The van der Waals surface area contributed by atoms with E-state index in [1.165, 1.54) is 5.56 Å². The van der Waals surface area contributed by atoms with Crippen LogP contribution in [0.15, 0.2) is 24.4 Å². The molecule has 0 aliphatic rings. The topological polar surface area (TPSA) is 29.9 Å². The smallest absolute Gasteiger partial charge is 0.0677 e. The molecule has 1 N–H and O–H groups in total. The summed E-state index contributed by atoms with van der Waals surface area (Å²) in [6.45, 7) is 6.58. The minimum atomic E-state index is 0.636. The Bertz CT molecular complexity index is 564. The third-order valence-electron chi connectivity index (χ3n) is 3.10. The van der Waals surface area contributed by atoms with Gasteiger partial charge in [0.25, 0.3) is 0 Å². The fraction of sp³-hybridized carbons (Fsp3) is 0.357. The zero-order chi connectivity index (χ0) is 13.8. The maximum absolute atomic E-state index is 6.18. The van der Waals surface area contributed by atoms with Gasteiger partial charge < -0.3 is 5.32 Å². The number of halogens is 2. The lowest BCUT2D eigenvalue weighted by atomic mass is 10.2. The molecular weight excluding hydrogens is 281 g/mol. The summed E-state index contributed by atoms with van der Waals surface area (Å²) in [5.41, 5.74) is 3.34. The maximum atomic E-state index is 6.18. The van der Waals surface area contributed by atoms with Crippen LogP contribution in [0.5, 0.6) is 0 Å². The van der Waals surface area contributed by atoms with Crippen molar-refractivity contribution >= 4 is 23.2 Å². The molecule has 2 aromatic rings. The van der Waals surface area contributed by atoms with Crippen LogP contribution in [0, 0.1) is 6.92 Å². The predicted molar refractivity (Wildman–Crippen MR) is 79.9 cm³/mol. The number of nitrogens with zero attached hydrogens (tertiary/aromatic N) is 2. The number of hydrogen-bond acceptors (Lipinski definition) is 2. The molecule has 0 fully saturated rings. The highest BCUT2D eigenvalue weighted by Gasteiger charge is 2.08. The van der Waals surface area contributed by atoms with Gasteiger partial charge in [-0.25, -0.2) is 0 Å². The van der Waals surface area contributed by atoms with Crippen molar-refractivity contribution in [3.8, 4) is 0 Å². The molecule has 0 aliphatic carbocycles. The fourth-order valence-electron chi connectivity index (χ4n) is 1.90. The summed E-state index contributed by atoms with van der Waals surface area (Å²) in [6.07, 6.45) is 1.90. The molecule has 0 atom stereocenters. The van der Waals surface area contributed by atoms with E-state index in [-0.39, 0.29) is 0 Å². The highest BCUT2D eigenvalue weighted by atomic mass is 35.5. The van der Waals surface area contributed by atoms with E-state index in [1.807, 2.05) is 23.0 Å². The third-order valence-corrected chi connectivity index (χ3v) is 3.70. The van der Waals surface area contributed by atoms with E-state index >= 15 is 0 Å². The van der Waals surface area contributed by atoms with Crippen LogP contribution in [0.25, 0.3) is 0 Å². The average Bonchev–Trinajstić information content (AvgIpc) is 2.73. The SMILES string of the molecule is CCNCc1cnn(Cc2cc(Cl)ccc2Cl)c1C. The van der Waals surface area contributed by atoms with Gasteiger partial charge in [0.15, 0.2) is 0 Å². The van der Waals surface area contributed by atoms with Gasteiger partial charge in [-0.3, -0.25) is 4.68 Å². The highest BCUT2D eigenvalue weighted by Crippen LogP contribution is 2.22. The van der Waals surface area contributed by atoms with Gasteiger partial charge in [0.05, 0.1) is 12.7 Å². The standard InChI is InChI=1S/C14H17Cl2N3/c1-3-17-7-12-8-18-19(10(12)2)9-11-6-13(15)4-5-14(11)16/h4-6,8,17H,3,7,9H2,1-2H3. The van der Waals surface area contributed by atoms with Gasteiger partial charge in [0, 0.05) is 27.8 Å². The Balaban J connectivity index is 2.19. The van der Waals surface area contributed by atoms with E-state index in [9.17, 15) is 0 Å². The summed E-state index contributed by atoms with van der Waals surface area (Å²) < 4.78 is 1.95. The van der Waals surface area contributed by atoms with E-state index in [2.05, 4.69) is 24.3 Å². The molecule has 0 radical (unpaired) electrons.